The second kappa shape index (κ2) is 5.34. The van der Waals surface area contributed by atoms with E-state index in [2.05, 4.69) is 11.3 Å². The molecule has 1 rings (SSSR count). The van der Waals surface area contributed by atoms with Crippen LogP contribution in [0, 0.1) is 0 Å². The fraction of sp³-hybridized carbons (Fsp3) is 0.200. The summed E-state index contributed by atoms with van der Waals surface area (Å²) in [5.74, 6) is 0.251. The highest BCUT2D eigenvalue weighted by molar-refractivity contribution is 7.89. The molecule has 0 spiro atoms. The van der Waals surface area contributed by atoms with Crippen molar-refractivity contribution in [1.82, 2.24) is 4.72 Å². The second-order valence-corrected chi connectivity index (χ2v) is 5.11. The van der Waals surface area contributed by atoms with E-state index in [4.69, 9.17) is 16.3 Å². The Balaban J connectivity index is 3.19. The molecule has 0 aliphatic rings. The number of hydrogen-bond donors (Lipinski definition) is 1. The van der Waals surface area contributed by atoms with Crippen LogP contribution in [0.3, 0.4) is 0 Å². The zero-order valence-electron chi connectivity index (χ0n) is 8.73. The van der Waals surface area contributed by atoms with Crippen molar-refractivity contribution in [3.8, 4) is 5.75 Å². The van der Waals surface area contributed by atoms with Crippen LogP contribution in [0.4, 0.5) is 0 Å². The van der Waals surface area contributed by atoms with E-state index in [-0.39, 0.29) is 17.2 Å². The number of nitrogens with one attached hydrogen (secondary N) is 1. The van der Waals surface area contributed by atoms with Crippen LogP contribution in [-0.4, -0.2) is 22.1 Å². The number of ether oxygens (including phenoxy) is 1. The van der Waals surface area contributed by atoms with E-state index in [1.54, 1.807) is 6.07 Å². The zero-order chi connectivity index (χ0) is 12.2. The predicted octanol–water partition coefficient (Wildman–Crippen LogP) is 1.81. The molecule has 0 saturated carbocycles. The van der Waals surface area contributed by atoms with Gasteiger partial charge in [0.25, 0.3) is 0 Å². The molecule has 0 radical (unpaired) electrons. The lowest BCUT2D eigenvalue weighted by Crippen LogP contribution is -2.24. The summed E-state index contributed by atoms with van der Waals surface area (Å²) in [6, 6.07) is 4.41. The van der Waals surface area contributed by atoms with Gasteiger partial charge in [-0.15, -0.1) is 6.58 Å². The van der Waals surface area contributed by atoms with Gasteiger partial charge in [-0.1, -0.05) is 17.7 Å². The van der Waals surface area contributed by atoms with Gasteiger partial charge >= 0.3 is 0 Å². The highest BCUT2D eigenvalue weighted by Gasteiger charge is 2.18. The third-order valence-electron chi connectivity index (χ3n) is 1.83. The van der Waals surface area contributed by atoms with Crippen LogP contribution in [0.2, 0.25) is 5.02 Å². The quantitative estimate of drug-likeness (QED) is 0.823. The van der Waals surface area contributed by atoms with Crippen LogP contribution in [0.25, 0.3) is 0 Å². The molecule has 6 heteroatoms. The maximum Gasteiger partial charge on any atom is 0.244 e. The van der Waals surface area contributed by atoms with Gasteiger partial charge in [-0.05, 0) is 18.2 Å². The van der Waals surface area contributed by atoms with Gasteiger partial charge in [0.2, 0.25) is 10.0 Å². The molecule has 1 aromatic rings. The summed E-state index contributed by atoms with van der Waals surface area (Å²) >= 11 is 5.75. The maximum absolute atomic E-state index is 11.8. The lowest BCUT2D eigenvalue weighted by atomic mass is 10.3. The average Bonchev–Trinajstić information content (AvgIpc) is 2.26. The molecule has 0 aliphatic carbocycles. The molecular weight excluding hydrogens is 250 g/mol. The number of rotatable bonds is 5. The van der Waals surface area contributed by atoms with Gasteiger partial charge in [0, 0.05) is 11.6 Å². The van der Waals surface area contributed by atoms with E-state index in [9.17, 15) is 8.42 Å². The summed E-state index contributed by atoms with van der Waals surface area (Å²) in [5.41, 5.74) is 0. The molecule has 16 heavy (non-hydrogen) atoms. The molecule has 0 aromatic heterocycles. The molecule has 0 amide bonds. The largest absolute Gasteiger partial charge is 0.495 e. The number of halogens is 1. The second-order valence-electron chi connectivity index (χ2n) is 2.94. The Hall–Kier alpha value is -1.04. The minimum atomic E-state index is -3.62. The van der Waals surface area contributed by atoms with Gasteiger partial charge in [0.1, 0.15) is 10.6 Å². The van der Waals surface area contributed by atoms with Crippen molar-refractivity contribution in [3.63, 3.8) is 0 Å². The van der Waals surface area contributed by atoms with E-state index >= 15 is 0 Å². The predicted molar refractivity (Wildman–Crippen MR) is 63.4 cm³/mol. The van der Waals surface area contributed by atoms with E-state index in [1.165, 1.54) is 25.3 Å². The Morgan fingerprint density at radius 1 is 1.56 bits per heavy atom. The molecule has 0 aliphatic heterocycles. The van der Waals surface area contributed by atoms with Gasteiger partial charge in [-0.2, -0.15) is 0 Å². The van der Waals surface area contributed by atoms with E-state index in [0.717, 1.165) is 0 Å². The molecule has 0 heterocycles. The lowest BCUT2D eigenvalue weighted by Gasteiger charge is -2.09. The monoisotopic (exact) mass is 261 g/mol. The minimum Gasteiger partial charge on any atom is -0.495 e. The normalized spacial score (nSPS) is 11.1. The van der Waals surface area contributed by atoms with Gasteiger partial charge < -0.3 is 4.74 Å². The van der Waals surface area contributed by atoms with E-state index < -0.39 is 10.0 Å². The Morgan fingerprint density at radius 2 is 2.25 bits per heavy atom. The topological polar surface area (TPSA) is 55.4 Å². The Morgan fingerprint density at radius 3 is 2.81 bits per heavy atom. The van der Waals surface area contributed by atoms with Crippen molar-refractivity contribution >= 4 is 21.6 Å². The van der Waals surface area contributed by atoms with Crippen molar-refractivity contribution in [1.29, 1.82) is 0 Å². The molecule has 1 aromatic carbocycles. The van der Waals surface area contributed by atoms with Gasteiger partial charge in [-0.3, -0.25) is 0 Å². The van der Waals surface area contributed by atoms with Crippen LogP contribution in [0.5, 0.6) is 5.75 Å². The lowest BCUT2D eigenvalue weighted by molar-refractivity contribution is 0.402. The molecule has 88 valence electrons. The summed E-state index contributed by atoms with van der Waals surface area (Å²) in [5, 5.41) is 0.333. The molecule has 0 saturated heterocycles. The number of benzene rings is 1. The highest BCUT2D eigenvalue weighted by Crippen LogP contribution is 2.26. The van der Waals surface area contributed by atoms with Crippen LogP contribution >= 0.6 is 11.6 Å². The summed E-state index contributed by atoms with van der Waals surface area (Å²) < 4.78 is 31.0. The Labute approximate surface area is 99.9 Å². The van der Waals surface area contributed by atoms with Gasteiger partial charge in [0.05, 0.1) is 7.11 Å². The van der Waals surface area contributed by atoms with E-state index in [1.807, 2.05) is 0 Å². The number of methoxy groups -OCH3 is 1. The molecule has 4 nitrogen and oxygen atoms in total. The number of hydrogen-bond acceptors (Lipinski definition) is 3. The van der Waals surface area contributed by atoms with Gasteiger partial charge in [-0.25, -0.2) is 13.1 Å². The summed E-state index contributed by atoms with van der Waals surface area (Å²) in [4.78, 5) is 0.0179. The molecular formula is C10H12ClNO3S. The highest BCUT2D eigenvalue weighted by atomic mass is 35.5. The van der Waals surface area contributed by atoms with Crippen LogP contribution in [0.15, 0.2) is 35.7 Å². The van der Waals surface area contributed by atoms with Crippen molar-refractivity contribution in [2.75, 3.05) is 13.7 Å². The fourth-order valence-electron chi connectivity index (χ4n) is 1.11. The average molecular weight is 262 g/mol. The van der Waals surface area contributed by atoms with Gasteiger partial charge in [0.15, 0.2) is 0 Å². The first-order chi connectivity index (χ1) is 7.51. The van der Waals surface area contributed by atoms with Crippen molar-refractivity contribution < 1.29 is 13.2 Å². The van der Waals surface area contributed by atoms with Crippen LogP contribution in [0.1, 0.15) is 0 Å². The van der Waals surface area contributed by atoms with Crippen molar-refractivity contribution in [2.24, 2.45) is 0 Å². The summed E-state index contributed by atoms with van der Waals surface area (Å²) in [7, 11) is -2.22. The third-order valence-corrected chi connectivity index (χ3v) is 3.51. The fourth-order valence-corrected chi connectivity index (χ4v) is 2.53. The molecule has 0 unspecified atom stereocenters. The first-order valence-corrected chi connectivity index (χ1v) is 6.31. The SMILES string of the molecule is C=CCNS(=O)(=O)c1cc(Cl)ccc1OC. The molecule has 0 atom stereocenters. The molecule has 0 bridgehead atoms. The van der Waals surface area contributed by atoms with Crippen molar-refractivity contribution in [3.05, 3.63) is 35.9 Å². The number of sulfonamides is 1. The molecule has 0 fully saturated rings. The Bertz CT molecular complexity index is 485. The first kappa shape index (κ1) is 13.0. The van der Waals surface area contributed by atoms with E-state index in [0.29, 0.717) is 5.02 Å². The summed E-state index contributed by atoms with van der Waals surface area (Å²) in [6.45, 7) is 3.58. The van der Waals surface area contributed by atoms with Crippen LogP contribution < -0.4 is 9.46 Å². The standard InChI is InChI=1S/C10H12ClNO3S/c1-3-6-12-16(13,14)10-7-8(11)4-5-9(10)15-2/h3-5,7,12H,1,6H2,2H3. The van der Waals surface area contributed by atoms with Crippen molar-refractivity contribution in [2.45, 2.75) is 4.90 Å². The third kappa shape index (κ3) is 2.98. The summed E-state index contributed by atoms with van der Waals surface area (Å²) in [6.07, 6.45) is 1.45. The maximum atomic E-state index is 11.8. The van der Waals surface area contributed by atoms with Crippen LogP contribution in [-0.2, 0) is 10.0 Å². The smallest absolute Gasteiger partial charge is 0.244 e. The molecule has 1 N–H and O–H groups in total. The Kier molecular flexibility index (Phi) is 4.35. The first-order valence-electron chi connectivity index (χ1n) is 4.45. The zero-order valence-corrected chi connectivity index (χ0v) is 10.3. The minimum absolute atomic E-state index is 0.0179.